The third-order valence-corrected chi connectivity index (χ3v) is 2.53. The molecule has 2 rings (SSSR count). The Hall–Kier alpha value is -2.37. The normalized spacial score (nSPS) is 10.5. The van der Waals surface area contributed by atoms with Crippen molar-refractivity contribution in [3.8, 4) is 5.75 Å². The van der Waals surface area contributed by atoms with Crippen LogP contribution < -0.4 is 10.4 Å². The van der Waals surface area contributed by atoms with Gasteiger partial charge >= 0.3 is 11.6 Å². The van der Waals surface area contributed by atoms with Gasteiger partial charge in [0.2, 0.25) is 0 Å². The zero-order chi connectivity index (χ0) is 14.0. The fourth-order valence-electron chi connectivity index (χ4n) is 1.66. The van der Waals surface area contributed by atoms with E-state index in [1.807, 2.05) is 0 Å². The van der Waals surface area contributed by atoms with Crippen LogP contribution in [0.15, 0.2) is 27.4 Å². The standard InChI is InChI=1S/C13H11FO5/c1-3-18-12(15)8-6-7-9(14)4-5-10(17-2)11(7)19-13(8)16/h4-6H,3H2,1-2H3. The van der Waals surface area contributed by atoms with Gasteiger partial charge in [0, 0.05) is 0 Å². The maximum Gasteiger partial charge on any atom is 0.351 e. The molecule has 1 heterocycles. The van der Waals surface area contributed by atoms with Gasteiger partial charge < -0.3 is 13.9 Å². The van der Waals surface area contributed by atoms with E-state index in [9.17, 15) is 14.0 Å². The molecule has 0 unspecified atom stereocenters. The van der Waals surface area contributed by atoms with Crippen LogP contribution in [-0.4, -0.2) is 19.7 Å². The zero-order valence-corrected chi connectivity index (χ0v) is 10.4. The van der Waals surface area contributed by atoms with Crippen molar-refractivity contribution in [1.29, 1.82) is 0 Å². The van der Waals surface area contributed by atoms with E-state index in [-0.39, 0.29) is 28.9 Å². The average Bonchev–Trinajstić information content (AvgIpc) is 2.39. The molecule has 0 N–H and O–H groups in total. The summed E-state index contributed by atoms with van der Waals surface area (Å²) in [4.78, 5) is 23.2. The molecule has 0 bridgehead atoms. The summed E-state index contributed by atoms with van der Waals surface area (Å²) in [5, 5.41) is -0.0120. The van der Waals surface area contributed by atoms with E-state index in [1.54, 1.807) is 6.92 Å². The van der Waals surface area contributed by atoms with Crippen molar-refractivity contribution >= 4 is 16.9 Å². The lowest BCUT2D eigenvalue weighted by molar-refractivity contribution is 0.0521. The van der Waals surface area contributed by atoms with Crippen LogP contribution in [0, 0.1) is 5.82 Å². The van der Waals surface area contributed by atoms with Crippen molar-refractivity contribution in [2.75, 3.05) is 13.7 Å². The second-order valence-corrected chi connectivity index (χ2v) is 3.66. The Balaban J connectivity index is 2.72. The minimum atomic E-state index is -0.894. The van der Waals surface area contributed by atoms with Crippen LogP contribution in [0.1, 0.15) is 17.3 Å². The van der Waals surface area contributed by atoms with E-state index < -0.39 is 17.4 Å². The zero-order valence-electron chi connectivity index (χ0n) is 10.4. The SMILES string of the molecule is CCOC(=O)c1cc2c(F)ccc(OC)c2oc1=O. The van der Waals surface area contributed by atoms with E-state index in [1.165, 1.54) is 13.2 Å². The van der Waals surface area contributed by atoms with Gasteiger partial charge in [0.15, 0.2) is 11.3 Å². The Morgan fingerprint density at radius 1 is 1.42 bits per heavy atom. The van der Waals surface area contributed by atoms with Crippen LogP contribution in [0.2, 0.25) is 0 Å². The molecule has 2 aromatic rings. The third-order valence-electron chi connectivity index (χ3n) is 2.53. The van der Waals surface area contributed by atoms with Gasteiger partial charge in [-0.1, -0.05) is 0 Å². The molecule has 0 aliphatic rings. The average molecular weight is 266 g/mol. The minimum absolute atomic E-state index is 0.0120. The number of esters is 1. The summed E-state index contributed by atoms with van der Waals surface area (Å²) in [5.74, 6) is -1.26. The monoisotopic (exact) mass is 266 g/mol. The van der Waals surface area contributed by atoms with E-state index in [0.29, 0.717) is 0 Å². The first-order chi connectivity index (χ1) is 9.08. The Kier molecular flexibility index (Phi) is 3.50. The number of rotatable bonds is 3. The van der Waals surface area contributed by atoms with Crippen LogP contribution >= 0.6 is 0 Å². The molecule has 0 radical (unpaired) electrons. The van der Waals surface area contributed by atoms with Gasteiger partial charge in [0.1, 0.15) is 11.4 Å². The fraction of sp³-hybridized carbons (Fsp3) is 0.231. The first-order valence-corrected chi connectivity index (χ1v) is 5.56. The molecule has 1 aromatic heterocycles. The van der Waals surface area contributed by atoms with Crippen molar-refractivity contribution in [1.82, 2.24) is 0 Å². The second-order valence-electron chi connectivity index (χ2n) is 3.66. The Morgan fingerprint density at radius 3 is 2.79 bits per heavy atom. The van der Waals surface area contributed by atoms with E-state index in [2.05, 4.69) is 0 Å². The van der Waals surface area contributed by atoms with Gasteiger partial charge in [0.05, 0.1) is 19.1 Å². The molecule has 0 amide bonds. The number of ether oxygens (including phenoxy) is 2. The summed E-state index contributed by atoms with van der Waals surface area (Å²) in [6, 6.07) is 3.61. The number of halogens is 1. The molecular weight excluding hydrogens is 255 g/mol. The maximum absolute atomic E-state index is 13.7. The molecule has 5 nitrogen and oxygen atoms in total. The summed E-state index contributed by atoms with van der Waals surface area (Å²) in [6.07, 6.45) is 0. The topological polar surface area (TPSA) is 65.7 Å². The number of fused-ring (bicyclic) bond motifs is 1. The lowest BCUT2D eigenvalue weighted by Crippen LogP contribution is -2.16. The molecule has 6 heteroatoms. The Morgan fingerprint density at radius 2 is 2.16 bits per heavy atom. The lowest BCUT2D eigenvalue weighted by Gasteiger charge is -2.06. The summed E-state index contributed by atoms with van der Waals surface area (Å²) in [5.41, 5.74) is -1.28. The van der Waals surface area contributed by atoms with Crippen molar-refractivity contribution in [3.63, 3.8) is 0 Å². The lowest BCUT2D eigenvalue weighted by atomic mass is 10.1. The number of benzene rings is 1. The van der Waals surface area contributed by atoms with E-state index in [4.69, 9.17) is 13.9 Å². The highest BCUT2D eigenvalue weighted by atomic mass is 19.1. The largest absolute Gasteiger partial charge is 0.493 e. The molecule has 19 heavy (non-hydrogen) atoms. The smallest absolute Gasteiger partial charge is 0.351 e. The number of methoxy groups -OCH3 is 1. The third kappa shape index (κ3) is 2.29. The molecule has 100 valence electrons. The van der Waals surface area contributed by atoms with Crippen LogP contribution in [-0.2, 0) is 4.74 Å². The molecule has 0 atom stereocenters. The molecule has 1 aromatic carbocycles. The highest BCUT2D eigenvalue weighted by Gasteiger charge is 2.18. The van der Waals surface area contributed by atoms with Crippen LogP contribution in [0.25, 0.3) is 11.0 Å². The van der Waals surface area contributed by atoms with Crippen molar-refractivity contribution < 1.29 is 23.1 Å². The van der Waals surface area contributed by atoms with Crippen molar-refractivity contribution in [2.24, 2.45) is 0 Å². The van der Waals surface area contributed by atoms with Gasteiger partial charge in [-0.25, -0.2) is 14.0 Å². The molecule has 0 saturated heterocycles. The highest BCUT2D eigenvalue weighted by Crippen LogP contribution is 2.27. The van der Waals surface area contributed by atoms with Crippen LogP contribution in [0.3, 0.4) is 0 Å². The summed E-state index contributed by atoms with van der Waals surface area (Å²) in [7, 11) is 1.37. The minimum Gasteiger partial charge on any atom is -0.493 e. The number of hydrogen-bond donors (Lipinski definition) is 0. The predicted molar refractivity (Wildman–Crippen MR) is 65.0 cm³/mol. The molecular formula is C13H11FO5. The summed E-state index contributed by atoms with van der Waals surface area (Å²) in [6.45, 7) is 1.71. The van der Waals surface area contributed by atoms with Crippen LogP contribution in [0.5, 0.6) is 5.75 Å². The van der Waals surface area contributed by atoms with Crippen molar-refractivity contribution in [2.45, 2.75) is 6.92 Å². The predicted octanol–water partition coefficient (Wildman–Crippen LogP) is 2.12. The quantitative estimate of drug-likeness (QED) is 0.628. The second kappa shape index (κ2) is 5.09. The first kappa shape index (κ1) is 13.1. The molecule has 0 aliphatic heterocycles. The van der Waals surface area contributed by atoms with E-state index >= 15 is 0 Å². The van der Waals surface area contributed by atoms with Crippen molar-refractivity contribution in [3.05, 3.63) is 40.0 Å². The molecule has 0 fully saturated rings. The van der Waals surface area contributed by atoms with Gasteiger partial charge in [-0.3, -0.25) is 0 Å². The maximum atomic E-state index is 13.7. The van der Waals surface area contributed by atoms with Gasteiger partial charge in [0.25, 0.3) is 0 Å². The van der Waals surface area contributed by atoms with E-state index in [0.717, 1.165) is 12.1 Å². The number of carbonyl (C=O) groups excluding carboxylic acids is 1. The Labute approximate surface area is 107 Å². The van der Waals surface area contributed by atoms with Gasteiger partial charge in [-0.15, -0.1) is 0 Å². The first-order valence-electron chi connectivity index (χ1n) is 5.56. The number of hydrogen-bond acceptors (Lipinski definition) is 5. The van der Waals surface area contributed by atoms with Crippen LogP contribution in [0.4, 0.5) is 4.39 Å². The van der Waals surface area contributed by atoms with Gasteiger partial charge in [-0.2, -0.15) is 0 Å². The fourth-order valence-corrected chi connectivity index (χ4v) is 1.66. The highest BCUT2D eigenvalue weighted by molar-refractivity contribution is 5.94. The molecule has 0 saturated carbocycles. The Bertz CT molecular complexity index is 689. The van der Waals surface area contributed by atoms with Gasteiger partial charge in [-0.05, 0) is 25.1 Å². The molecule has 0 aliphatic carbocycles. The number of carbonyl (C=O) groups is 1. The molecule has 0 spiro atoms. The summed E-state index contributed by atoms with van der Waals surface area (Å²) < 4.78 is 28.3. The summed E-state index contributed by atoms with van der Waals surface area (Å²) >= 11 is 0.